The Morgan fingerprint density at radius 3 is 2.69 bits per heavy atom. The average Bonchev–Trinajstić information content (AvgIpc) is 3.51. The molecule has 3 aromatic carbocycles. The van der Waals surface area contributed by atoms with Crippen molar-refractivity contribution in [2.45, 2.75) is 0 Å². The molecule has 1 amide bonds. The van der Waals surface area contributed by atoms with Gasteiger partial charge in [0.15, 0.2) is 17.3 Å². The highest BCUT2D eigenvalue weighted by molar-refractivity contribution is 6.04. The third kappa shape index (κ3) is 4.92. The molecule has 35 heavy (non-hydrogen) atoms. The first-order valence-electron chi connectivity index (χ1n) is 10.8. The normalized spacial score (nSPS) is 11.9. The highest BCUT2D eigenvalue weighted by atomic mass is 19.1. The molecule has 178 valence electrons. The zero-order valence-electron chi connectivity index (χ0n) is 18.7. The lowest BCUT2D eigenvalue weighted by Gasteiger charge is -2.09. The van der Waals surface area contributed by atoms with Crippen LogP contribution >= 0.6 is 0 Å². The van der Waals surface area contributed by atoms with Crippen LogP contribution in [-0.4, -0.2) is 47.8 Å². The van der Waals surface area contributed by atoms with Crippen molar-refractivity contribution < 1.29 is 28.1 Å². The Hall–Kier alpha value is -4.44. The third-order valence-corrected chi connectivity index (χ3v) is 5.19. The van der Waals surface area contributed by atoms with Crippen molar-refractivity contribution in [3.63, 3.8) is 0 Å². The second-order valence-corrected chi connectivity index (χ2v) is 7.55. The number of benzene rings is 3. The summed E-state index contributed by atoms with van der Waals surface area (Å²) in [6.07, 6.45) is 0. The summed E-state index contributed by atoms with van der Waals surface area (Å²) in [7, 11) is 1.59. The van der Waals surface area contributed by atoms with Crippen LogP contribution < -0.4 is 19.5 Å². The number of halogens is 1. The van der Waals surface area contributed by atoms with E-state index in [9.17, 15) is 9.18 Å². The standard InChI is InChI=1S/C25H21FN4O5/c1-32-11-12-33-25-28-23(16-5-10-21-22(14-16)35-15-34-21)30(29-25)20-8-6-19(7-9-20)27-24(31)17-3-2-4-18(26)13-17/h2-10,13-14H,11-12,15H2,1H3,(H,27,31). The molecule has 4 aromatic rings. The minimum Gasteiger partial charge on any atom is -0.460 e. The topological polar surface area (TPSA) is 96.7 Å². The number of methoxy groups -OCH3 is 1. The van der Waals surface area contributed by atoms with Gasteiger partial charge in [-0.25, -0.2) is 9.07 Å². The number of ether oxygens (including phenoxy) is 4. The molecule has 1 aliphatic heterocycles. The first kappa shape index (κ1) is 22.4. The van der Waals surface area contributed by atoms with Crippen LogP contribution in [0.1, 0.15) is 10.4 Å². The number of anilines is 1. The SMILES string of the molecule is COCCOc1nc(-c2ccc3c(c2)OCO3)n(-c2ccc(NC(=O)c3cccc(F)c3)cc2)n1. The number of carbonyl (C=O) groups is 1. The van der Waals surface area contributed by atoms with Crippen LogP contribution in [0.4, 0.5) is 10.1 Å². The van der Waals surface area contributed by atoms with E-state index in [1.165, 1.54) is 18.2 Å². The molecule has 1 N–H and O–H groups in total. The zero-order valence-corrected chi connectivity index (χ0v) is 18.7. The molecule has 0 bridgehead atoms. The minimum atomic E-state index is -0.473. The molecule has 1 aliphatic rings. The van der Waals surface area contributed by atoms with Crippen LogP contribution in [0, 0.1) is 5.82 Å². The van der Waals surface area contributed by atoms with E-state index >= 15 is 0 Å². The Morgan fingerprint density at radius 1 is 1.06 bits per heavy atom. The van der Waals surface area contributed by atoms with Gasteiger partial charge in [-0.15, -0.1) is 5.10 Å². The van der Waals surface area contributed by atoms with Gasteiger partial charge in [0.25, 0.3) is 5.91 Å². The van der Waals surface area contributed by atoms with Gasteiger partial charge in [-0.2, -0.15) is 4.98 Å². The number of carbonyl (C=O) groups excluding carboxylic acids is 1. The lowest BCUT2D eigenvalue weighted by atomic mass is 10.2. The number of aromatic nitrogens is 3. The van der Waals surface area contributed by atoms with E-state index < -0.39 is 11.7 Å². The summed E-state index contributed by atoms with van der Waals surface area (Å²) in [5.74, 6) is 0.933. The molecule has 0 fully saturated rings. The van der Waals surface area contributed by atoms with E-state index in [4.69, 9.17) is 18.9 Å². The molecular weight excluding hydrogens is 455 g/mol. The summed E-state index contributed by atoms with van der Waals surface area (Å²) in [5, 5.41) is 7.26. The van der Waals surface area contributed by atoms with Gasteiger partial charge < -0.3 is 24.3 Å². The van der Waals surface area contributed by atoms with Gasteiger partial charge in [0.1, 0.15) is 12.4 Å². The predicted octanol–water partition coefficient (Wildman–Crippen LogP) is 4.08. The summed E-state index contributed by atoms with van der Waals surface area (Å²) < 4.78 is 36.6. The van der Waals surface area contributed by atoms with Gasteiger partial charge in [-0.05, 0) is 60.7 Å². The van der Waals surface area contributed by atoms with E-state index in [1.54, 1.807) is 42.1 Å². The average molecular weight is 476 g/mol. The molecule has 0 spiro atoms. The van der Waals surface area contributed by atoms with Crippen molar-refractivity contribution in [1.82, 2.24) is 14.8 Å². The molecule has 0 saturated heterocycles. The maximum Gasteiger partial charge on any atom is 0.336 e. The second kappa shape index (κ2) is 9.82. The fraction of sp³-hybridized carbons (Fsp3) is 0.160. The summed E-state index contributed by atoms with van der Waals surface area (Å²) in [6, 6.07) is 18.2. The van der Waals surface area contributed by atoms with Gasteiger partial charge in [-0.3, -0.25) is 4.79 Å². The van der Waals surface area contributed by atoms with E-state index in [-0.39, 0.29) is 18.4 Å². The zero-order chi connectivity index (χ0) is 24.2. The van der Waals surface area contributed by atoms with Gasteiger partial charge >= 0.3 is 6.01 Å². The molecule has 0 saturated carbocycles. The Labute approximate surface area is 200 Å². The van der Waals surface area contributed by atoms with Crippen LogP contribution in [0.2, 0.25) is 0 Å². The summed E-state index contributed by atoms with van der Waals surface area (Å²) in [5.41, 5.74) is 2.22. The number of hydrogen-bond acceptors (Lipinski definition) is 7. The monoisotopic (exact) mass is 476 g/mol. The molecule has 0 atom stereocenters. The Balaban J connectivity index is 1.42. The first-order valence-corrected chi connectivity index (χ1v) is 10.8. The first-order chi connectivity index (χ1) is 17.1. The smallest absolute Gasteiger partial charge is 0.336 e. The highest BCUT2D eigenvalue weighted by Crippen LogP contribution is 2.36. The third-order valence-electron chi connectivity index (χ3n) is 5.19. The summed E-state index contributed by atoms with van der Waals surface area (Å²) >= 11 is 0. The summed E-state index contributed by atoms with van der Waals surface area (Å²) in [6.45, 7) is 0.861. The van der Waals surface area contributed by atoms with Crippen molar-refractivity contribution in [3.8, 4) is 34.6 Å². The summed E-state index contributed by atoms with van der Waals surface area (Å²) in [4.78, 5) is 17.0. The van der Waals surface area contributed by atoms with Crippen LogP contribution in [0.5, 0.6) is 17.5 Å². The number of amides is 1. The highest BCUT2D eigenvalue weighted by Gasteiger charge is 2.19. The van der Waals surface area contributed by atoms with E-state index in [0.717, 1.165) is 5.56 Å². The van der Waals surface area contributed by atoms with Crippen LogP contribution in [0.3, 0.4) is 0 Å². The molecule has 2 heterocycles. The maximum absolute atomic E-state index is 13.4. The van der Waals surface area contributed by atoms with Crippen molar-refractivity contribution in [3.05, 3.63) is 78.1 Å². The van der Waals surface area contributed by atoms with Gasteiger partial charge in [-0.1, -0.05) is 6.07 Å². The molecule has 9 nitrogen and oxygen atoms in total. The molecule has 0 unspecified atom stereocenters. The quantitative estimate of drug-likeness (QED) is 0.383. The number of fused-ring (bicyclic) bond motifs is 1. The van der Waals surface area contributed by atoms with Crippen LogP contribution in [0.15, 0.2) is 66.7 Å². The lowest BCUT2D eigenvalue weighted by Crippen LogP contribution is -2.12. The Morgan fingerprint density at radius 2 is 1.89 bits per heavy atom. The Bertz CT molecular complexity index is 1360. The van der Waals surface area contributed by atoms with Gasteiger partial charge in [0, 0.05) is 23.9 Å². The molecule has 5 rings (SSSR count). The van der Waals surface area contributed by atoms with Crippen molar-refractivity contribution >= 4 is 11.6 Å². The second-order valence-electron chi connectivity index (χ2n) is 7.55. The lowest BCUT2D eigenvalue weighted by molar-refractivity contribution is 0.102. The van der Waals surface area contributed by atoms with Crippen LogP contribution in [0.25, 0.3) is 17.1 Å². The van der Waals surface area contributed by atoms with Crippen molar-refractivity contribution in [2.75, 3.05) is 32.4 Å². The largest absolute Gasteiger partial charge is 0.460 e. The van der Waals surface area contributed by atoms with E-state index in [0.29, 0.717) is 41.9 Å². The number of nitrogens with one attached hydrogen (secondary N) is 1. The fourth-order valence-corrected chi connectivity index (χ4v) is 3.49. The maximum atomic E-state index is 13.4. The van der Waals surface area contributed by atoms with Crippen molar-refractivity contribution in [2.24, 2.45) is 0 Å². The Kier molecular flexibility index (Phi) is 6.27. The van der Waals surface area contributed by atoms with Gasteiger partial charge in [0.2, 0.25) is 6.79 Å². The number of nitrogens with zero attached hydrogens (tertiary/aromatic N) is 3. The predicted molar refractivity (Wildman–Crippen MR) is 125 cm³/mol. The van der Waals surface area contributed by atoms with E-state index in [1.807, 2.05) is 18.2 Å². The number of hydrogen-bond donors (Lipinski definition) is 1. The van der Waals surface area contributed by atoms with Gasteiger partial charge in [0.05, 0.1) is 12.3 Å². The molecule has 10 heteroatoms. The fourth-order valence-electron chi connectivity index (χ4n) is 3.49. The number of rotatable bonds is 8. The van der Waals surface area contributed by atoms with E-state index in [2.05, 4.69) is 15.4 Å². The molecule has 0 aliphatic carbocycles. The van der Waals surface area contributed by atoms with Crippen LogP contribution in [-0.2, 0) is 4.74 Å². The minimum absolute atomic E-state index is 0.166. The van der Waals surface area contributed by atoms with Crippen molar-refractivity contribution in [1.29, 1.82) is 0 Å². The molecule has 1 aromatic heterocycles. The molecule has 0 radical (unpaired) electrons. The molecular formula is C25H21FN4O5.